The molecule has 0 saturated carbocycles. The number of amides is 2. The van der Waals surface area contributed by atoms with Crippen molar-refractivity contribution in [2.24, 2.45) is 5.73 Å². The molecule has 0 aliphatic heterocycles. The van der Waals surface area contributed by atoms with E-state index in [0.29, 0.717) is 5.76 Å². The molecule has 1 heterocycles. The van der Waals surface area contributed by atoms with Crippen LogP contribution in [0.4, 0.5) is 4.79 Å². The molecular weight excluding hydrogens is 316 g/mol. The quantitative estimate of drug-likeness (QED) is 0.340. The topological polar surface area (TPSA) is 146 Å². The van der Waals surface area contributed by atoms with Gasteiger partial charge in [0.1, 0.15) is 28.2 Å². The van der Waals surface area contributed by atoms with E-state index in [1.807, 2.05) is 30.3 Å². The number of primary amides is 1. The molecule has 6 N–H and O–H groups in total. The number of nitrogens with one attached hydrogen (secondary N) is 1. The summed E-state index contributed by atoms with van der Waals surface area (Å²) >= 11 is 0. The lowest BCUT2D eigenvalue weighted by Gasteiger charge is -2.04. The highest BCUT2D eigenvalue weighted by Gasteiger charge is 2.11. The van der Waals surface area contributed by atoms with Crippen LogP contribution in [0.2, 0.25) is 0 Å². The first kappa shape index (κ1) is 16.8. The van der Waals surface area contributed by atoms with Crippen molar-refractivity contribution in [1.29, 1.82) is 0 Å². The summed E-state index contributed by atoms with van der Waals surface area (Å²) in [6.45, 7) is 0. The summed E-state index contributed by atoms with van der Waals surface area (Å²) in [4.78, 5) is 21.2. The van der Waals surface area contributed by atoms with Crippen molar-refractivity contribution in [3.8, 4) is 22.8 Å². The Labute approximate surface area is 135 Å². The van der Waals surface area contributed by atoms with Crippen LogP contribution in [0.3, 0.4) is 0 Å². The third-order valence-electron chi connectivity index (χ3n) is 2.96. The lowest BCUT2D eigenvalue weighted by Crippen LogP contribution is -2.25. The maximum absolute atomic E-state index is 12.0. The molecule has 8 heteroatoms. The summed E-state index contributed by atoms with van der Waals surface area (Å²) in [6.07, 6.45) is 0. The summed E-state index contributed by atoms with van der Waals surface area (Å²) in [5, 5.41) is 26.6. The smallest absolute Gasteiger partial charge is 0.335 e. The Balaban J connectivity index is 0.000000368. The van der Waals surface area contributed by atoms with Gasteiger partial charge in [-0.2, -0.15) is 0 Å². The van der Waals surface area contributed by atoms with E-state index < -0.39 is 6.03 Å². The number of nitrogens with two attached hydrogens (primary N) is 1. The van der Waals surface area contributed by atoms with Crippen LogP contribution in [-0.4, -0.2) is 21.5 Å². The number of hydroxylamine groups is 1. The van der Waals surface area contributed by atoms with Crippen LogP contribution >= 0.6 is 0 Å². The first-order chi connectivity index (χ1) is 11.4. The van der Waals surface area contributed by atoms with E-state index in [4.69, 9.17) is 9.62 Å². The van der Waals surface area contributed by atoms with Crippen LogP contribution in [0.1, 0.15) is 0 Å². The second-order valence-corrected chi connectivity index (χ2v) is 4.66. The Morgan fingerprint density at radius 3 is 2.29 bits per heavy atom. The molecule has 8 nitrogen and oxygen atoms in total. The fraction of sp³-hybridized carbons (Fsp3) is 0. The molecule has 124 valence electrons. The van der Waals surface area contributed by atoms with Crippen LogP contribution in [0.25, 0.3) is 22.3 Å². The van der Waals surface area contributed by atoms with Crippen molar-refractivity contribution in [3.63, 3.8) is 0 Å². The van der Waals surface area contributed by atoms with E-state index in [1.54, 1.807) is 0 Å². The second kappa shape index (κ2) is 7.16. The zero-order chi connectivity index (χ0) is 17.7. The Morgan fingerprint density at radius 1 is 1.08 bits per heavy atom. The standard InChI is InChI=1S/C15H10O4.CH4N2O2/c16-10-6-11(17)15-12(18)8-13(19-14(15)7-10)9-4-2-1-3-5-9;2-1(4)3-5/h1-8,16-17H;5H,(H3,2,3,4). The molecule has 0 fully saturated rings. The Bertz CT molecular complexity index is 921. The van der Waals surface area contributed by atoms with E-state index in [2.05, 4.69) is 5.73 Å². The molecule has 3 aromatic rings. The van der Waals surface area contributed by atoms with E-state index in [-0.39, 0.29) is 27.9 Å². The van der Waals surface area contributed by atoms with E-state index in [9.17, 15) is 19.8 Å². The predicted octanol–water partition coefficient (Wildman–Crippen LogP) is 1.92. The molecule has 3 rings (SSSR count). The first-order valence-electron chi connectivity index (χ1n) is 6.67. The van der Waals surface area contributed by atoms with Crippen LogP contribution in [0, 0.1) is 0 Å². The molecule has 0 bridgehead atoms. The summed E-state index contributed by atoms with van der Waals surface area (Å²) in [6, 6.07) is 12.0. The van der Waals surface area contributed by atoms with E-state index in [1.165, 1.54) is 17.6 Å². The van der Waals surface area contributed by atoms with Gasteiger partial charge in [0.15, 0.2) is 5.43 Å². The van der Waals surface area contributed by atoms with Crippen LogP contribution < -0.4 is 16.6 Å². The third kappa shape index (κ3) is 3.81. The number of urea groups is 1. The molecule has 0 unspecified atom stereocenters. The summed E-state index contributed by atoms with van der Waals surface area (Å²) in [5.41, 5.74) is 6.02. The van der Waals surface area contributed by atoms with Crippen molar-refractivity contribution in [2.45, 2.75) is 0 Å². The zero-order valence-electron chi connectivity index (χ0n) is 12.3. The summed E-state index contributed by atoms with van der Waals surface area (Å²) < 4.78 is 5.57. The number of aromatic hydroxyl groups is 2. The van der Waals surface area contributed by atoms with Gasteiger partial charge in [-0.15, -0.1) is 0 Å². The molecule has 2 aromatic carbocycles. The highest BCUT2D eigenvalue weighted by Crippen LogP contribution is 2.30. The number of hydrogen-bond donors (Lipinski definition) is 5. The van der Waals surface area contributed by atoms with Gasteiger partial charge in [-0.3, -0.25) is 10.0 Å². The number of rotatable bonds is 1. The lowest BCUT2D eigenvalue weighted by atomic mass is 10.1. The van der Waals surface area contributed by atoms with Gasteiger partial charge in [-0.05, 0) is 0 Å². The molecule has 24 heavy (non-hydrogen) atoms. The molecule has 2 amide bonds. The molecule has 0 radical (unpaired) electrons. The van der Waals surface area contributed by atoms with Crippen molar-refractivity contribution < 1.29 is 24.6 Å². The van der Waals surface area contributed by atoms with Gasteiger partial charge in [0, 0.05) is 23.8 Å². The highest BCUT2D eigenvalue weighted by atomic mass is 16.5. The number of benzene rings is 2. The summed E-state index contributed by atoms with van der Waals surface area (Å²) in [7, 11) is 0. The van der Waals surface area contributed by atoms with Gasteiger partial charge >= 0.3 is 6.03 Å². The van der Waals surface area contributed by atoms with Gasteiger partial charge in [0.2, 0.25) is 0 Å². The fourth-order valence-corrected chi connectivity index (χ4v) is 2.00. The molecule has 0 aliphatic carbocycles. The van der Waals surface area contributed by atoms with Crippen LogP contribution in [-0.2, 0) is 0 Å². The predicted molar refractivity (Wildman–Crippen MR) is 85.8 cm³/mol. The lowest BCUT2D eigenvalue weighted by molar-refractivity contribution is 0.169. The Kier molecular flexibility index (Phi) is 5.03. The van der Waals surface area contributed by atoms with Gasteiger partial charge < -0.3 is 20.4 Å². The van der Waals surface area contributed by atoms with Gasteiger partial charge in [-0.1, -0.05) is 30.3 Å². The second-order valence-electron chi connectivity index (χ2n) is 4.66. The normalized spacial score (nSPS) is 9.88. The van der Waals surface area contributed by atoms with Crippen LogP contribution in [0.5, 0.6) is 11.5 Å². The average Bonchev–Trinajstić information content (AvgIpc) is 2.55. The minimum atomic E-state index is -0.940. The minimum Gasteiger partial charge on any atom is -0.508 e. The summed E-state index contributed by atoms with van der Waals surface area (Å²) in [5.74, 6) is -0.0511. The van der Waals surface area contributed by atoms with Gasteiger partial charge in [0.25, 0.3) is 0 Å². The number of carbonyl (C=O) groups excluding carboxylic acids is 1. The number of phenolic OH excluding ortho intramolecular Hbond substituents is 2. The average molecular weight is 330 g/mol. The Hall–Kier alpha value is -3.52. The highest BCUT2D eigenvalue weighted by molar-refractivity contribution is 5.85. The molecule has 1 aromatic heterocycles. The van der Waals surface area contributed by atoms with Gasteiger partial charge in [-0.25, -0.2) is 10.3 Å². The molecular formula is C16H14N2O6. The van der Waals surface area contributed by atoms with Crippen LogP contribution in [0.15, 0.2) is 57.7 Å². The largest absolute Gasteiger partial charge is 0.508 e. The van der Waals surface area contributed by atoms with Crippen molar-refractivity contribution in [1.82, 2.24) is 5.48 Å². The molecule has 0 spiro atoms. The maximum atomic E-state index is 12.0. The SMILES string of the molecule is NC(=O)NO.O=c1cc(-c2ccccc2)oc2cc(O)cc(O)c12. The number of carbonyl (C=O) groups is 1. The maximum Gasteiger partial charge on any atom is 0.335 e. The molecule has 0 saturated heterocycles. The van der Waals surface area contributed by atoms with E-state index in [0.717, 1.165) is 11.6 Å². The minimum absolute atomic E-state index is 0.0671. The molecule has 0 aliphatic rings. The van der Waals surface area contributed by atoms with E-state index >= 15 is 0 Å². The zero-order valence-corrected chi connectivity index (χ0v) is 12.3. The first-order valence-corrected chi connectivity index (χ1v) is 6.67. The number of phenols is 2. The van der Waals surface area contributed by atoms with Crippen molar-refractivity contribution >= 4 is 17.0 Å². The van der Waals surface area contributed by atoms with Crippen molar-refractivity contribution in [2.75, 3.05) is 0 Å². The van der Waals surface area contributed by atoms with Crippen molar-refractivity contribution in [3.05, 3.63) is 58.8 Å². The number of fused-ring (bicyclic) bond motifs is 1. The molecule has 0 atom stereocenters. The number of hydrogen-bond acceptors (Lipinski definition) is 6. The third-order valence-corrected chi connectivity index (χ3v) is 2.96. The Morgan fingerprint density at radius 2 is 1.71 bits per heavy atom. The monoisotopic (exact) mass is 330 g/mol. The fourth-order valence-electron chi connectivity index (χ4n) is 2.00. The van der Waals surface area contributed by atoms with Gasteiger partial charge in [0.05, 0.1) is 0 Å².